The van der Waals surface area contributed by atoms with E-state index >= 15 is 0 Å². The molecule has 1 N–H and O–H groups in total. The lowest BCUT2D eigenvalue weighted by Crippen LogP contribution is -2.40. The summed E-state index contributed by atoms with van der Waals surface area (Å²) >= 11 is 0. The molecule has 2 aromatic rings. The van der Waals surface area contributed by atoms with Gasteiger partial charge >= 0.3 is 0 Å². The number of aromatic nitrogens is 2. The van der Waals surface area contributed by atoms with Gasteiger partial charge in [0.15, 0.2) is 0 Å². The smallest absolute Gasteiger partial charge is 0.229 e. The van der Waals surface area contributed by atoms with Crippen LogP contribution in [0.4, 0.5) is 0 Å². The molecule has 0 saturated carbocycles. The second-order valence-electron chi connectivity index (χ2n) is 6.52. The summed E-state index contributed by atoms with van der Waals surface area (Å²) in [7, 11) is 0. The quantitative estimate of drug-likeness (QED) is 0.877. The van der Waals surface area contributed by atoms with Gasteiger partial charge in [-0.2, -0.15) is 0 Å². The Morgan fingerprint density at radius 2 is 2.17 bits per heavy atom. The molecule has 2 atom stereocenters. The van der Waals surface area contributed by atoms with Gasteiger partial charge in [-0.15, -0.1) is 10.2 Å². The molecule has 2 unspecified atom stereocenters. The van der Waals surface area contributed by atoms with Crippen molar-refractivity contribution in [3.63, 3.8) is 0 Å². The van der Waals surface area contributed by atoms with Crippen molar-refractivity contribution in [1.29, 1.82) is 0 Å². The molecule has 1 aliphatic heterocycles. The molecule has 24 heavy (non-hydrogen) atoms. The molecule has 1 aromatic carbocycles. The molecule has 128 valence electrons. The number of benzene rings is 1. The number of hydrogen-bond acceptors (Lipinski definition) is 5. The number of likely N-dealkylation sites (tertiary alicyclic amines) is 1. The van der Waals surface area contributed by atoms with E-state index in [-0.39, 0.29) is 18.4 Å². The Labute approximate surface area is 142 Å². The van der Waals surface area contributed by atoms with Crippen LogP contribution in [0, 0.1) is 12.8 Å². The minimum Gasteiger partial charge on any atom is -0.425 e. The standard InChI is InChI=1S/C18H24N4O2/c1-13(19-17(23)10-18-21-20-14(2)24-18)16-8-9-22(12-16)11-15-6-4-3-5-7-15/h3-7,13,16H,8-12H2,1-2H3,(H,19,23). The first-order valence-electron chi connectivity index (χ1n) is 8.45. The van der Waals surface area contributed by atoms with Crippen molar-refractivity contribution >= 4 is 5.91 Å². The van der Waals surface area contributed by atoms with E-state index in [4.69, 9.17) is 4.42 Å². The largest absolute Gasteiger partial charge is 0.425 e. The second kappa shape index (κ2) is 7.57. The Bertz CT molecular complexity index is 671. The normalized spacial score (nSPS) is 19.3. The van der Waals surface area contributed by atoms with Crippen LogP contribution in [-0.4, -0.2) is 40.1 Å². The third-order valence-corrected chi connectivity index (χ3v) is 4.53. The molecule has 6 heteroatoms. The van der Waals surface area contributed by atoms with Gasteiger partial charge in [-0.25, -0.2) is 0 Å². The van der Waals surface area contributed by atoms with Gasteiger partial charge in [-0.1, -0.05) is 30.3 Å². The number of nitrogens with zero attached hydrogens (tertiary/aromatic N) is 3. The van der Waals surface area contributed by atoms with E-state index < -0.39 is 0 Å². The third-order valence-electron chi connectivity index (χ3n) is 4.53. The van der Waals surface area contributed by atoms with Crippen molar-refractivity contribution in [3.05, 3.63) is 47.7 Å². The van der Waals surface area contributed by atoms with Gasteiger partial charge in [-0.3, -0.25) is 9.69 Å². The maximum Gasteiger partial charge on any atom is 0.229 e. The number of hydrogen-bond donors (Lipinski definition) is 1. The van der Waals surface area contributed by atoms with Crippen LogP contribution < -0.4 is 5.32 Å². The van der Waals surface area contributed by atoms with E-state index in [9.17, 15) is 4.79 Å². The maximum absolute atomic E-state index is 12.1. The first kappa shape index (κ1) is 16.6. The van der Waals surface area contributed by atoms with Crippen LogP contribution >= 0.6 is 0 Å². The summed E-state index contributed by atoms with van der Waals surface area (Å²) in [6.07, 6.45) is 1.25. The summed E-state index contributed by atoms with van der Waals surface area (Å²) in [6, 6.07) is 10.6. The van der Waals surface area contributed by atoms with E-state index in [0.29, 0.717) is 17.7 Å². The lowest BCUT2D eigenvalue weighted by atomic mass is 10.0. The van der Waals surface area contributed by atoms with E-state index in [1.807, 2.05) is 6.07 Å². The predicted octanol–water partition coefficient (Wildman–Crippen LogP) is 1.95. The summed E-state index contributed by atoms with van der Waals surface area (Å²) < 4.78 is 5.25. The summed E-state index contributed by atoms with van der Waals surface area (Å²) in [5, 5.41) is 10.7. The summed E-state index contributed by atoms with van der Waals surface area (Å²) in [5.74, 6) is 1.27. The summed E-state index contributed by atoms with van der Waals surface area (Å²) in [6.45, 7) is 6.85. The highest BCUT2D eigenvalue weighted by atomic mass is 16.4. The van der Waals surface area contributed by atoms with Gasteiger partial charge in [0.05, 0.1) is 0 Å². The Morgan fingerprint density at radius 3 is 2.88 bits per heavy atom. The fraction of sp³-hybridized carbons (Fsp3) is 0.500. The number of carbonyl (C=O) groups is 1. The molecule has 0 spiro atoms. The van der Waals surface area contributed by atoms with E-state index in [1.165, 1.54) is 5.56 Å². The molecule has 1 aromatic heterocycles. The zero-order valence-electron chi connectivity index (χ0n) is 14.2. The molecule has 0 bridgehead atoms. The lowest BCUT2D eigenvalue weighted by Gasteiger charge is -2.21. The molecular weight excluding hydrogens is 304 g/mol. The van der Waals surface area contributed by atoms with Crippen molar-refractivity contribution in [3.8, 4) is 0 Å². The van der Waals surface area contributed by atoms with Crippen LogP contribution in [0.2, 0.25) is 0 Å². The van der Waals surface area contributed by atoms with E-state index in [0.717, 1.165) is 26.1 Å². The van der Waals surface area contributed by atoms with Crippen LogP contribution in [0.3, 0.4) is 0 Å². The highest BCUT2D eigenvalue weighted by molar-refractivity contribution is 5.77. The average Bonchev–Trinajstić information content (AvgIpc) is 3.17. The predicted molar refractivity (Wildman–Crippen MR) is 90.2 cm³/mol. The summed E-state index contributed by atoms with van der Waals surface area (Å²) in [5.41, 5.74) is 1.33. The monoisotopic (exact) mass is 328 g/mol. The number of amides is 1. The van der Waals surface area contributed by atoms with Crippen molar-refractivity contribution in [2.45, 2.75) is 39.3 Å². The Kier molecular flexibility index (Phi) is 5.25. The SMILES string of the molecule is Cc1nnc(CC(=O)NC(C)C2CCN(Cc3ccccc3)C2)o1. The molecule has 3 rings (SSSR count). The molecule has 1 aliphatic rings. The number of rotatable bonds is 6. The van der Waals surface area contributed by atoms with Gasteiger partial charge in [0, 0.05) is 26.1 Å². The summed E-state index contributed by atoms with van der Waals surface area (Å²) in [4.78, 5) is 14.6. The minimum absolute atomic E-state index is 0.0624. The van der Waals surface area contributed by atoms with Gasteiger partial charge in [0.2, 0.25) is 17.7 Å². The molecule has 1 saturated heterocycles. The zero-order chi connectivity index (χ0) is 16.9. The van der Waals surface area contributed by atoms with Gasteiger partial charge in [0.25, 0.3) is 0 Å². The van der Waals surface area contributed by atoms with Gasteiger partial charge < -0.3 is 9.73 Å². The second-order valence-corrected chi connectivity index (χ2v) is 6.52. The van der Waals surface area contributed by atoms with Crippen molar-refractivity contribution in [2.75, 3.05) is 13.1 Å². The average molecular weight is 328 g/mol. The van der Waals surface area contributed by atoms with E-state index in [2.05, 4.69) is 51.6 Å². The molecule has 1 fully saturated rings. The Balaban J connectivity index is 1.45. The molecule has 6 nitrogen and oxygen atoms in total. The van der Waals surface area contributed by atoms with Gasteiger partial charge in [-0.05, 0) is 31.4 Å². The lowest BCUT2D eigenvalue weighted by molar-refractivity contribution is -0.121. The molecule has 0 aliphatic carbocycles. The molecule has 0 radical (unpaired) electrons. The highest BCUT2D eigenvalue weighted by Crippen LogP contribution is 2.21. The number of aryl methyl sites for hydroxylation is 1. The fourth-order valence-corrected chi connectivity index (χ4v) is 3.23. The highest BCUT2D eigenvalue weighted by Gasteiger charge is 2.28. The first-order valence-corrected chi connectivity index (χ1v) is 8.45. The van der Waals surface area contributed by atoms with Crippen LogP contribution in [0.15, 0.2) is 34.7 Å². The van der Waals surface area contributed by atoms with E-state index in [1.54, 1.807) is 6.92 Å². The Hall–Kier alpha value is -2.21. The van der Waals surface area contributed by atoms with Crippen molar-refractivity contribution in [2.24, 2.45) is 5.92 Å². The molecule has 1 amide bonds. The maximum atomic E-state index is 12.1. The Morgan fingerprint density at radius 1 is 1.38 bits per heavy atom. The number of nitrogens with one attached hydrogen (secondary N) is 1. The van der Waals surface area contributed by atoms with Crippen LogP contribution in [0.1, 0.15) is 30.7 Å². The minimum atomic E-state index is -0.0624. The first-order chi connectivity index (χ1) is 11.6. The van der Waals surface area contributed by atoms with Crippen LogP contribution in [-0.2, 0) is 17.8 Å². The topological polar surface area (TPSA) is 71.3 Å². The number of carbonyl (C=O) groups excluding carboxylic acids is 1. The van der Waals surface area contributed by atoms with Crippen molar-refractivity contribution < 1.29 is 9.21 Å². The molecular formula is C18H24N4O2. The van der Waals surface area contributed by atoms with Crippen LogP contribution in [0.25, 0.3) is 0 Å². The third kappa shape index (κ3) is 4.41. The molecule has 2 heterocycles. The van der Waals surface area contributed by atoms with Gasteiger partial charge in [0.1, 0.15) is 6.42 Å². The van der Waals surface area contributed by atoms with Crippen LogP contribution in [0.5, 0.6) is 0 Å². The fourth-order valence-electron chi connectivity index (χ4n) is 3.23. The zero-order valence-corrected chi connectivity index (χ0v) is 14.2. The van der Waals surface area contributed by atoms with Crippen molar-refractivity contribution in [1.82, 2.24) is 20.4 Å².